The second-order valence-electron chi connectivity index (χ2n) is 3.79. The van der Waals surface area contributed by atoms with Gasteiger partial charge in [0.05, 0.1) is 11.7 Å². The van der Waals surface area contributed by atoms with Crippen LogP contribution < -0.4 is 16.0 Å². The second kappa shape index (κ2) is 6.84. The number of benzene rings is 1. The molecule has 1 aromatic rings. The van der Waals surface area contributed by atoms with E-state index in [1.165, 1.54) is 0 Å². The van der Waals surface area contributed by atoms with Gasteiger partial charge in [-0.1, -0.05) is 11.6 Å². The Morgan fingerprint density at radius 3 is 3.00 bits per heavy atom. The highest BCUT2D eigenvalue weighted by Crippen LogP contribution is 2.24. The van der Waals surface area contributed by atoms with Gasteiger partial charge in [-0.2, -0.15) is 5.26 Å². The van der Waals surface area contributed by atoms with E-state index in [4.69, 9.17) is 27.4 Å². The van der Waals surface area contributed by atoms with Gasteiger partial charge in [-0.05, 0) is 25.5 Å². The number of nitrogens with one attached hydrogen (secondary N) is 1. The van der Waals surface area contributed by atoms with Crippen molar-refractivity contribution in [3.8, 4) is 11.8 Å². The molecule has 96 valence electrons. The summed E-state index contributed by atoms with van der Waals surface area (Å²) in [5, 5.41) is 9.42. The van der Waals surface area contributed by atoms with Gasteiger partial charge in [-0.15, -0.1) is 0 Å². The van der Waals surface area contributed by atoms with Gasteiger partial charge in [0, 0.05) is 17.5 Å². The summed E-state index contributed by atoms with van der Waals surface area (Å²) >= 11 is 5.84. The van der Waals surface area contributed by atoms with Crippen LogP contribution in [0.5, 0.6) is 5.75 Å². The van der Waals surface area contributed by atoms with Crippen molar-refractivity contribution in [3.63, 3.8) is 0 Å². The first-order chi connectivity index (χ1) is 8.56. The maximum atomic E-state index is 11.0. The van der Waals surface area contributed by atoms with Crippen molar-refractivity contribution in [1.29, 1.82) is 5.26 Å². The first-order valence-electron chi connectivity index (χ1n) is 5.42. The van der Waals surface area contributed by atoms with Crippen molar-refractivity contribution >= 4 is 17.5 Å². The monoisotopic (exact) mass is 267 g/mol. The normalized spacial score (nSPS) is 11.4. The Hall–Kier alpha value is -1.77. The fraction of sp³-hybridized carbons (Fsp3) is 0.333. The molecule has 0 radical (unpaired) electrons. The van der Waals surface area contributed by atoms with Crippen LogP contribution in [0.25, 0.3) is 0 Å². The smallest absolute Gasteiger partial charge is 0.234 e. The third-order valence-electron chi connectivity index (χ3n) is 2.33. The van der Waals surface area contributed by atoms with Crippen LogP contribution >= 0.6 is 11.6 Å². The van der Waals surface area contributed by atoms with E-state index in [0.29, 0.717) is 22.8 Å². The van der Waals surface area contributed by atoms with E-state index in [2.05, 4.69) is 0 Å². The van der Waals surface area contributed by atoms with Gasteiger partial charge in [0.2, 0.25) is 5.91 Å². The number of carbonyl (C=O) groups is 1. The van der Waals surface area contributed by atoms with Gasteiger partial charge >= 0.3 is 0 Å². The van der Waals surface area contributed by atoms with Crippen molar-refractivity contribution in [3.05, 3.63) is 28.8 Å². The quantitative estimate of drug-likeness (QED) is 0.483. The second-order valence-corrected chi connectivity index (χ2v) is 4.22. The third kappa shape index (κ3) is 4.24. The Labute approximate surface area is 110 Å². The molecular formula is C12H14ClN3O2. The number of hydrazine groups is 1. The number of carbonyl (C=O) groups excluding carboxylic acids is 1. The molecule has 1 unspecified atom stereocenters. The van der Waals surface area contributed by atoms with E-state index < -0.39 is 0 Å². The summed E-state index contributed by atoms with van der Waals surface area (Å²) in [5.74, 6) is 5.14. The van der Waals surface area contributed by atoms with Crippen molar-refractivity contribution in [2.45, 2.75) is 25.9 Å². The molecule has 0 bridgehead atoms. The number of nitrogens with zero attached hydrogens (tertiary/aromatic N) is 1. The van der Waals surface area contributed by atoms with E-state index in [9.17, 15) is 4.79 Å². The highest BCUT2D eigenvalue weighted by atomic mass is 35.5. The van der Waals surface area contributed by atoms with Crippen LogP contribution in [-0.2, 0) is 4.79 Å². The number of hydrogen-bond donors (Lipinski definition) is 2. The molecule has 0 aliphatic heterocycles. The van der Waals surface area contributed by atoms with Crippen molar-refractivity contribution in [2.24, 2.45) is 5.84 Å². The molecule has 1 rings (SSSR count). The van der Waals surface area contributed by atoms with Crippen LogP contribution in [-0.4, -0.2) is 12.0 Å². The summed E-state index contributed by atoms with van der Waals surface area (Å²) in [6.45, 7) is 1.81. The first kappa shape index (κ1) is 14.3. The molecule has 0 spiro atoms. The maximum absolute atomic E-state index is 11.0. The number of amides is 1. The summed E-state index contributed by atoms with van der Waals surface area (Å²) in [7, 11) is 0. The molecule has 5 nitrogen and oxygen atoms in total. The topological polar surface area (TPSA) is 88.1 Å². The molecule has 0 aliphatic rings. The minimum absolute atomic E-state index is 0.215. The number of rotatable bonds is 5. The minimum Gasteiger partial charge on any atom is -0.489 e. The van der Waals surface area contributed by atoms with Gasteiger partial charge in [0.1, 0.15) is 11.8 Å². The Bertz CT molecular complexity index is 471. The predicted octanol–water partition coefficient (Wildman–Crippen LogP) is 1.75. The van der Waals surface area contributed by atoms with E-state index in [1.54, 1.807) is 18.2 Å². The van der Waals surface area contributed by atoms with E-state index in [0.717, 1.165) is 0 Å². The standard InChI is InChI=1S/C12H14ClN3O2/c1-8(2-5-12(17)16-15)18-11-6-10(13)4-3-9(11)7-14/h3-4,6,8H,2,5,15H2,1H3,(H,16,17). The predicted molar refractivity (Wildman–Crippen MR) is 67.8 cm³/mol. The van der Waals surface area contributed by atoms with E-state index in [-0.39, 0.29) is 18.4 Å². The molecule has 3 N–H and O–H groups in total. The Morgan fingerprint density at radius 1 is 1.67 bits per heavy atom. The zero-order valence-corrected chi connectivity index (χ0v) is 10.7. The Kier molecular flexibility index (Phi) is 5.43. The highest BCUT2D eigenvalue weighted by Gasteiger charge is 2.10. The lowest BCUT2D eigenvalue weighted by Gasteiger charge is -2.15. The minimum atomic E-state index is -0.253. The molecule has 0 heterocycles. The number of nitrogens with two attached hydrogens (primary N) is 1. The van der Waals surface area contributed by atoms with E-state index in [1.807, 2.05) is 18.4 Å². The molecule has 0 fully saturated rings. The van der Waals surface area contributed by atoms with Crippen LogP contribution in [0, 0.1) is 11.3 Å². The summed E-state index contributed by atoms with van der Waals surface area (Å²) in [4.78, 5) is 11.0. The number of ether oxygens (including phenoxy) is 1. The molecular weight excluding hydrogens is 254 g/mol. The number of nitriles is 1. The molecule has 0 saturated heterocycles. The summed E-state index contributed by atoms with van der Waals surface area (Å²) < 4.78 is 5.58. The molecule has 0 saturated carbocycles. The molecule has 0 aliphatic carbocycles. The molecule has 6 heteroatoms. The lowest BCUT2D eigenvalue weighted by atomic mass is 10.2. The summed E-state index contributed by atoms with van der Waals surface area (Å²) in [6.07, 6.45) is 0.549. The lowest BCUT2D eigenvalue weighted by molar-refractivity contribution is -0.121. The molecule has 1 amide bonds. The largest absolute Gasteiger partial charge is 0.489 e. The maximum Gasteiger partial charge on any atom is 0.234 e. The van der Waals surface area contributed by atoms with Crippen LogP contribution in [0.4, 0.5) is 0 Å². The fourth-order valence-corrected chi connectivity index (χ4v) is 1.53. The van der Waals surface area contributed by atoms with Crippen molar-refractivity contribution < 1.29 is 9.53 Å². The van der Waals surface area contributed by atoms with Crippen LogP contribution in [0.15, 0.2) is 18.2 Å². The fourth-order valence-electron chi connectivity index (χ4n) is 1.37. The molecule has 18 heavy (non-hydrogen) atoms. The van der Waals surface area contributed by atoms with Gasteiger partial charge < -0.3 is 4.74 Å². The van der Waals surface area contributed by atoms with Gasteiger partial charge in [0.15, 0.2) is 0 Å². The van der Waals surface area contributed by atoms with Crippen LogP contribution in [0.3, 0.4) is 0 Å². The lowest BCUT2D eigenvalue weighted by Crippen LogP contribution is -2.30. The van der Waals surface area contributed by atoms with Gasteiger partial charge in [-0.3, -0.25) is 10.2 Å². The Morgan fingerprint density at radius 2 is 2.39 bits per heavy atom. The van der Waals surface area contributed by atoms with Gasteiger partial charge in [0.25, 0.3) is 0 Å². The number of halogens is 1. The Balaban J connectivity index is 2.64. The van der Waals surface area contributed by atoms with Crippen molar-refractivity contribution in [2.75, 3.05) is 0 Å². The zero-order valence-electron chi connectivity index (χ0n) is 9.94. The summed E-state index contributed by atoms with van der Waals surface area (Å²) in [5.41, 5.74) is 2.46. The molecule has 1 atom stereocenters. The highest BCUT2D eigenvalue weighted by molar-refractivity contribution is 6.30. The van der Waals surface area contributed by atoms with Crippen LogP contribution in [0.2, 0.25) is 5.02 Å². The number of hydrogen-bond acceptors (Lipinski definition) is 4. The average Bonchev–Trinajstić information content (AvgIpc) is 2.36. The average molecular weight is 268 g/mol. The van der Waals surface area contributed by atoms with E-state index >= 15 is 0 Å². The zero-order chi connectivity index (χ0) is 13.5. The van der Waals surface area contributed by atoms with Gasteiger partial charge in [-0.25, -0.2) is 5.84 Å². The molecule has 1 aromatic carbocycles. The third-order valence-corrected chi connectivity index (χ3v) is 2.57. The first-order valence-corrected chi connectivity index (χ1v) is 5.80. The SMILES string of the molecule is CC(CCC(=O)NN)Oc1cc(Cl)ccc1C#N. The summed E-state index contributed by atoms with van der Waals surface area (Å²) in [6, 6.07) is 6.82. The molecule has 0 aromatic heterocycles. The van der Waals surface area contributed by atoms with Crippen LogP contribution in [0.1, 0.15) is 25.3 Å². The van der Waals surface area contributed by atoms with Crippen molar-refractivity contribution in [1.82, 2.24) is 5.43 Å².